The van der Waals surface area contributed by atoms with E-state index in [1.54, 1.807) is 11.3 Å². The number of pyridine rings is 1. The Morgan fingerprint density at radius 3 is 2.90 bits per heavy atom. The molecular weight excluding hydrogens is 268 g/mol. The van der Waals surface area contributed by atoms with Crippen molar-refractivity contribution in [1.82, 2.24) is 9.97 Å². The highest BCUT2D eigenvalue weighted by Gasteiger charge is 2.10. The van der Waals surface area contributed by atoms with E-state index in [2.05, 4.69) is 33.4 Å². The molecule has 0 aliphatic rings. The molecule has 4 nitrogen and oxygen atoms in total. The van der Waals surface area contributed by atoms with Gasteiger partial charge in [0.15, 0.2) is 0 Å². The van der Waals surface area contributed by atoms with Gasteiger partial charge in [-0.05, 0) is 31.2 Å². The van der Waals surface area contributed by atoms with Gasteiger partial charge in [-0.15, -0.1) is 11.3 Å². The number of aryl methyl sites for hydroxylation is 1. The van der Waals surface area contributed by atoms with Crippen molar-refractivity contribution in [3.05, 3.63) is 46.5 Å². The minimum absolute atomic E-state index is 0.756. The summed E-state index contributed by atoms with van der Waals surface area (Å²) in [4.78, 5) is 11.1. The lowest BCUT2D eigenvalue weighted by Crippen LogP contribution is -2.17. The molecule has 0 radical (unpaired) electrons. The van der Waals surface area contributed by atoms with E-state index in [4.69, 9.17) is 5.73 Å². The Kier molecular flexibility index (Phi) is 3.28. The third-order valence-corrected chi connectivity index (χ3v) is 3.87. The number of hydrogen-bond donors (Lipinski definition) is 1. The molecule has 2 N–H and O–H groups in total. The van der Waals surface area contributed by atoms with Crippen LogP contribution in [0.2, 0.25) is 0 Å². The zero-order valence-corrected chi connectivity index (χ0v) is 12.3. The van der Waals surface area contributed by atoms with Gasteiger partial charge in [-0.2, -0.15) is 0 Å². The predicted molar refractivity (Wildman–Crippen MR) is 85.1 cm³/mol. The molecule has 3 rings (SSSR count). The van der Waals surface area contributed by atoms with Gasteiger partial charge in [-0.1, -0.05) is 0 Å². The zero-order valence-electron chi connectivity index (χ0n) is 11.5. The Morgan fingerprint density at radius 1 is 1.30 bits per heavy atom. The maximum absolute atomic E-state index is 5.91. The zero-order chi connectivity index (χ0) is 14.1. The largest absolute Gasteiger partial charge is 0.399 e. The first-order chi connectivity index (χ1) is 9.63. The molecule has 0 spiro atoms. The molecule has 0 unspecified atom stereocenters. The molecule has 2 aromatic heterocycles. The van der Waals surface area contributed by atoms with Gasteiger partial charge in [-0.3, -0.25) is 4.98 Å². The van der Waals surface area contributed by atoms with Gasteiger partial charge in [0.05, 0.1) is 23.3 Å². The van der Waals surface area contributed by atoms with E-state index in [1.807, 2.05) is 30.6 Å². The molecule has 0 aliphatic heterocycles. The van der Waals surface area contributed by atoms with Crippen molar-refractivity contribution in [3.63, 3.8) is 0 Å². The van der Waals surface area contributed by atoms with Crippen molar-refractivity contribution in [3.8, 4) is 0 Å². The normalized spacial score (nSPS) is 10.9. The topological polar surface area (TPSA) is 55.0 Å². The van der Waals surface area contributed by atoms with E-state index in [1.165, 1.54) is 0 Å². The lowest BCUT2D eigenvalue weighted by molar-refractivity contribution is 0.897. The minimum atomic E-state index is 0.756. The highest BCUT2D eigenvalue weighted by molar-refractivity contribution is 7.07. The van der Waals surface area contributed by atoms with Crippen molar-refractivity contribution in [2.75, 3.05) is 17.7 Å². The van der Waals surface area contributed by atoms with E-state index in [0.717, 1.165) is 40.2 Å². The highest BCUT2D eigenvalue weighted by atomic mass is 32.1. The molecule has 0 saturated heterocycles. The van der Waals surface area contributed by atoms with Crippen molar-refractivity contribution >= 4 is 33.6 Å². The number of hydrogen-bond acceptors (Lipinski definition) is 5. The number of benzene rings is 1. The Labute approximate surface area is 121 Å². The summed E-state index contributed by atoms with van der Waals surface area (Å²) in [6.07, 6.45) is 0. The van der Waals surface area contributed by atoms with Crippen LogP contribution in [0.3, 0.4) is 0 Å². The fourth-order valence-electron chi connectivity index (χ4n) is 2.31. The summed E-state index contributed by atoms with van der Waals surface area (Å²) >= 11 is 1.62. The van der Waals surface area contributed by atoms with Crippen LogP contribution in [-0.4, -0.2) is 17.0 Å². The standard InChI is InChI=1S/C15H16N4S/c1-10-5-15(19(2)7-12-8-20-9-17-12)13-6-11(16)3-4-14(13)18-10/h3-6,8-9H,7,16H2,1-2H3. The average Bonchev–Trinajstić information content (AvgIpc) is 2.91. The van der Waals surface area contributed by atoms with Crippen LogP contribution in [-0.2, 0) is 6.54 Å². The Balaban J connectivity index is 2.07. The maximum atomic E-state index is 5.91. The van der Waals surface area contributed by atoms with Crippen molar-refractivity contribution in [2.24, 2.45) is 0 Å². The number of thiazole rings is 1. The minimum Gasteiger partial charge on any atom is -0.399 e. The molecule has 2 heterocycles. The predicted octanol–water partition coefficient (Wildman–Crippen LogP) is 3.22. The third-order valence-electron chi connectivity index (χ3n) is 3.23. The van der Waals surface area contributed by atoms with Gasteiger partial charge in [0.2, 0.25) is 0 Å². The van der Waals surface area contributed by atoms with Gasteiger partial charge in [0, 0.05) is 34.9 Å². The van der Waals surface area contributed by atoms with Crippen LogP contribution < -0.4 is 10.6 Å². The second-order valence-electron chi connectivity index (χ2n) is 4.90. The van der Waals surface area contributed by atoms with Crippen LogP contribution in [0.1, 0.15) is 11.4 Å². The number of nitrogens with zero attached hydrogens (tertiary/aromatic N) is 3. The fourth-order valence-corrected chi connectivity index (χ4v) is 2.86. The number of nitrogen functional groups attached to an aromatic ring is 1. The number of fused-ring (bicyclic) bond motifs is 1. The van der Waals surface area contributed by atoms with E-state index in [9.17, 15) is 0 Å². The summed E-state index contributed by atoms with van der Waals surface area (Å²) in [5.41, 5.74) is 12.7. The van der Waals surface area contributed by atoms with Crippen LogP contribution in [0.4, 0.5) is 11.4 Å². The number of nitrogens with two attached hydrogens (primary N) is 1. The number of aromatic nitrogens is 2. The highest BCUT2D eigenvalue weighted by Crippen LogP contribution is 2.28. The fraction of sp³-hybridized carbons (Fsp3) is 0.200. The first kappa shape index (κ1) is 12.9. The Bertz CT molecular complexity index is 737. The van der Waals surface area contributed by atoms with Crippen molar-refractivity contribution in [2.45, 2.75) is 13.5 Å². The molecule has 0 bridgehead atoms. The number of anilines is 2. The van der Waals surface area contributed by atoms with Crippen LogP contribution in [0, 0.1) is 6.92 Å². The summed E-state index contributed by atoms with van der Waals surface area (Å²) in [7, 11) is 2.07. The van der Waals surface area contributed by atoms with Gasteiger partial charge in [-0.25, -0.2) is 4.98 Å². The summed E-state index contributed by atoms with van der Waals surface area (Å²) < 4.78 is 0. The lowest BCUT2D eigenvalue weighted by atomic mass is 10.1. The van der Waals surface area contributed by atoms with Crippen LogP contribution in [0.5, 0.6) is 0 Å². The van der Waals surface area contributed by atoms with E-state index in [0.29, 0.717) is 0 Å². The molecule has 5 heteroatoms. The quantitative estimate of drug-likeness (QED) is 0.750. The second-order valence-corrected chi connectivity index (χ2v) is 5.61. The Hall–Kier alpha value is -2.14. The molecular formula is C15H16N4S. The average molecular weight is 284 g/mol. The van der Waals surface area contributed by atoms with Crippen LogP contribution in [0.15, 0.2) is 35.2 Å². The third kappa shape index (κ3) is 2.44. The van der Waals surface area contributed by atoms with Crippen molar-refractivity contribution in [1.29, 1.82) is 0 Å². The van der Waals surface area contributed by atoms with Gasteiger partial charge >= 0.3 is 0 Å². The molecule has 3 aromatic rings. The molecule has 0 atom stereocenters. The molecule has 1 aromatic carbocycles. The van der Waals surface area contributed by atoms with Gasteiger partial charge in [0.1, 0.15) is 0 Å². The molecule has 20 heavy (non-hydrogen) atoms. The Morgan fingerprint density at radius 2 is 2.15 bits per heavy atom. The smallest absolute Gasteiger partial charge is 0.0795 e. The van der Waals surface area contributed by atoms with E-state index >= 15 is 0 Å². The second kappa shape index (κ2) is 5.09. The summed E-state index contributed by atoms with van der Waals surface area (Å²) in [6, 6.07) is 7.93. The van der Waals surface area contributed by atoms with E-state index in [-0.39, 0.29) is 0 Å². The molecule has 102 valence electrons. The summed E-state index contributed by atoms with van der Waals surface area (Å²) in [5, 5.41) is 3.15. The summed E-state index contributed by atoms with van der Waals surface area (Å²) in [5.74, 6) is 0. The summed E-state index contributed by atoms with van der Waals surface area (Å²) in [6.45, 7) is 2.78. The van der Waals surface area contributed by atoms with Crippen molar-refractivity contribution < 1.29 is 0 Å². The van der Waals surface area contributed by atoms with Crippen LogP contribution in [0.25, 0.3) is 10.9 Å². The maximum Gasteiger partial charge on any atom is 0.0795 e. The monoisotopic (exact) mass is 284 g/mol. The first-order valence-corrected chi connectivity index (χ1v) is 7.33. The first-order valence-electron chi connectivity index (χ1n) is 6.38. The SMILES string of the molecule is Cc1cc(N(C)Cc2cscn2)c2cc(N)ccc2n1. The molecule has 0 aliphatic carbocycles. The van der Waals surface area contributed by atoms with Gasteiger partial charge in [0.25, 0.3) is 0 Å². The molecule has 0 fully saturated rings. The van der Waals surface area contributed by atoms with Crippen LogP contribution >= 0.6 is 11.3 Å². The van der Waals surface area contributed by atoms with Gasteiger partial charge < -0.3 is 10.6 Å². The van der Waals surface area contributed by atoms with E-state index < -0.39 is 0 Å². The number of rotatable bonds is 3. The molecule has 0 saturated carbocycles. The molecule has 0 amide bonds. The lowest BCUT2D eigenvalue weighted by Gasteiger charge is -2.21.